The summed E-state index contributed by atoms with van der Waals surface area (Å²) in [5.41, 5.74) is 1.75. The summed E-state index contributed by atoms with van der Waals surface area (Å²) in [5.74, 6) is 0.680. The molecule has 0 saturated heterocycles. The maximum atomic E-state index is 11.5. The van der Waals surface area contributed by atoms with Gasteiger partial charge in [-0.3, -0.25) is 9.79 Å². The zero-order chi connectivity index (χ0) is 16.7. The average molecular weight is 330 g/mol. The molecule has 122 valence electrons. The fourth-order valence-electron chi connectivity index (χ4n) is 2.08. The molecule has 0 aliphatic carbocycles. The van der Waals surface area contributed by atoms with Gasteiger partial charge in [-0.2, -0.15) is 0 Å². The van der Waals surface area contributed by atoms with Gasteiger partial charge in [0.25, 0.3) is 5.91 Å². The fraction of sp³-hybridized carbons (Fsp3) is 0.294. The number of rotatable bonds is 5. The Hall–Kier alpha value is -2.34. The van der Waals surface area contributed by atoms with Gasteiger partial charge < -0.3 is 16.0 Å². The van der Waals surface area contributed by atoms with Gasteiger partial charge in [-0.05, 0) is 36.8 Å². The number of hydrogen-bond acceptors (Lipinski definition) is 3. The minimum absolute atomic E-state index is 0.0757. The highest BCUT2D eigenvalue weighted by atomic mass is 32.1. The second-order valence-corrected chi connectivity index (χ2v) is 6.44. The monoisotopic (exact) mass is 330 g/mol. The SMILES string of the molecule is CN=C(NCc1ccc(C(=O)NC)cc1)NCc1ccc(C)s1. The first kappa shape index (κ1) is 17.0. The summed E-state index contributed by atoms with van der Waals surface area (Å²) in [6.07, 6.45) is 0. The summed E-state index contributed by atoms with van der Waals surface area (Å²) >= 11 is 1.78. The van der Waals surface area contributed by atoms with E-state index in [0.717, 1.165) is 18.1 Å². The van der Waals surface area contributed by atoms with Crippen LogP contribution in [-0.2, 0) is 13.1 Å². The van der Waals surface area contributed by atoms with Gasteiger partial charge in [0.05, 0.1) is 6.54 Å². The summed E-state index contributed by atoms with van der Waals surface area (Å²) in [6, 6.07) is 11.8. The molecule has 0 aliphatic heterocycles. The number of aryl methyl sites for hydroxylation is 1. The van der Waals surface area contributed by atoms with E-state index in [1.54, 1.807) is 25.4 Å². The van der Waals surface area contributed by atoms with Crippen molar-refractivity contribution in [1.29, 1.82) is 0 Å². The van der Waals surface area contributed by atoms with E-state index in [4.69, 9.17) is 0 Å². The minimum Gasteiger partial charge on any atom is -0.355 e. The molecule has 1 aromatic heterocycles. The standard InChI is InChI=1S/C17H22N4OS/c1-12-4-9-15(23-12)11-21-17(19-3)20-10-13-5-7-14(8-6-13)16(22)18-2/h4-9H,10-11H2,1-3H3,(H,18,22)(H2,19,20,21). The third-order valence-corrected chi connectivity index (χ3v) is 4.35. The largest absolute Gasteiger partial charge is 0.355 e. The number of aliphatic imine (C=N–C) groups is 1. The molecule has 0 spiro atoms. The Bertz CT molecular complexity index is 676. The molecule has 1 heterocycles. The van der Waals surface area contributed by atoms with Crippen molar-refractivity contribution in [2.75, 3.05) is 14.1 Å². The van der Waals surface area contributed by atoms with Crippen LogP contribution in [0.2, 0.25) is 0 Å². The maximum Gasteiger partial charge on any atom is 0.251 e. The summed E-state index contributed by atoms with van der Waals surface area (Å²) in [4.78, 5) is 18.3. The van der Waals surface area contributed by atoms with E-state index in [2.05, 4.69) is 40.0 Å². The zero-order valence-corrected chi connectivity index (χ0v) is 14.5. The van der Waals surface area contributed by atoms with Crippen molar-refractivity contribution >= 4 is 23.2 Å². The molecule has 0 bridgehead atoms. The van der Waals surface area contributed by atoms with Crippen molar-refractivity contribution in [3.8, 4) is 0 Å². The fourth-order valence-corrected chi connectivity index (χ4v) is 2.91. The Morgan fingerprint density at radius 3 is 2.35 bits per heavy atom. The van der Waals surface area contributed by atoms with Crippen LogP contribution in [0.4, 0.5) is 0 Å². The maximum absolute atomic E-state index is 11.5. The molecule has 0 aliphatic rings. The Kier molecular flexibility index (Phi) is 6.17. The molecule has 2 rings (SSSR count). The molecule has 0 atom stereocenters. The molecule has 6 heteroatoms. The number of carbonyl (C=O) groups excluding carboxylic acids is 1. The number of benzene rings is 1. The second-order valence-electron chi connectivity index (χ2n) is 5.07. The molecular formula is C17H22N4OS. The Labute approximate surface area is 140 Å². The van der Waals surface area contributed by atoms with E-state index in [1.165, 1.54) is 9.75 Å². The van der Waals surface area contributed by atoms with Crippen LogP contribution in [0, 0.1) is 6.92 Å². The van der Waals surface area contributed by atoms with Gasteiger partial charge in [0.1, 0.15) is 0 Å². The topological polar surface area (TPSA) is 65.5 Å². The molecular weight excluding hydrogens is 308 g/mol. The lowest BCUT2D eigenvalue weighted by Gasteiger charge is -2.11. The lowest BCUT2D eigenvalue weighted by atomic mass is 10.1. The van der Waals surface area contributed by atoms with Crippen molar-refractivity contribution in [2.24, 2.45) is 4.99 Å². The number of amides is 1. The van der Waals surface area contributed by atoms with Crippen LogP contribution >= 0.6 is 11.3 Å². The number of thiophene rings is 1. The van der Waals surface area contributed by atoms with E-state index in [0.29, 0.717) is 12.1 Å². The van der Waals surface area contributed by atoms with Gasteiger partial charge in [0, 0.05) is 36.0 Å². The predicted octanol–water partition coefficient (Wildman–Crippen LogP) is 2.28. The Morgan fingerprint density at radius 2 is 1.78 bits per heavy atom. The molecule has 0 saturated carbocycles. The molecule has 0 unspecified atom stereocenters. The third-order valence-electron chi connectivity index (χ3n) is 3.35. The minimum atomic E-state index is -0.0757. The molecule has 3 N–H and O–H groups in total. The Balaban J connectivity index is 1.84. The Morgan fingerprint density at radius 1 is 1.09 bits per heavy atom. The van der Waals surface area contributed by atoms with Gasteiger partial charge >= 0.3 is 0 Å². The average Bonchev–Trinajstić information content (AvgIpc) is 3.00. The van der Waals surface area contributed by atoms with Gasteiger partial charge in [0.15, 0.2) is 5.96 Å². The number of guanidine groups is 1. The predicted molar refractivity (Wildman–Crippen MR) is 95.9 cm³/mol. The van der Waals surface area contributed by atoms with Crippen LogP contribution in [0.25, 0.3) is 0 Å². The van der Waals surface area contributed by atoms with Gasteiger partial charge in [-0.1, -0.05) is 12.1 Å². The van der Waals surface area contributed by atoms with Crippen molar-refractivity contribution in [3.05, 3.63) is 57.3 Å². The third kappa shape index (κ3) is 5.10. The van der Waals surface area contributed by atoms with Crippen LogP contribution < -0.4 is 16.0 Å². The van der Waals surface area contributed by atoms with E-state index in [-0.39, 0.29) is 5.91 Å². The summed E-state index contributed by atoms with van der Waals surface area (Å²) in [7, 11) is 3.38. The lowest BCUT2D eigenvalue weighted by Crippen LogP contribution is -2.36. The van der Waals surface area contributed by atoms with Crippen LogP contribution in [-0.4, -0.2) is 26.0 Å². The molecule has 0 radical (unpaired) electrons. The van der Waals surface area contributed by atoms with Crippen LogP contribution in [0.3, 0.4) is 0 Å². The van der Waals surface area contributed by atoms with Crippen molar-refractivity contribution in [1.82, 2.24) is 16.0 Å². The number of nitrogens with one attached hydrogen (secondary N) is 3. The van der Waals surface area contributed by atoms with E-state index in [9.17, 15) is 4.79 Å². The number of hydrogen-bond donors (Lipinski definition) is 3. The molecule has 1 amide bonds. The highest BCUT2D eigenvalue weighted by Crippen LogP contribution is 2.14. The summed E-state index contributed by atoms with van der Waals surface area (Å²) in [6.45, 7) is 3.51. The molecule has 23 heavy (non-hydrogen) atoms. The first-order chi connectivity index (χ1) is 11.1. The number of carbonyl (C=O) groups is 1. The molecule has 0 fully saturated rings. The van der Waals surface area contributed by atoms with Crippen molar-refractivity contribution < 1.29 is 4.79 Å². The molecule has 1 aromatic carbocycles. The summed E-state index contributed by atoms with van der Waals surface area (Å²) < 4.78 is 0. The number of nitrogens with zero attached hydrogens (tertiary/aromatic N) is 1. The lowest BCUT2D eigenvalue weighted by molar-refractivity contribution is 0.0963. The van der Waals surface area contributed by atoms with Gasteiger partial charge in [0.2, 0.25) is 0 Å². The zero-order valence-electron chi connectivity index (χ0n) is 13.6. The van der Waals surface area contributed by atoms with Crippen LogP contribution in [0.5, 0.6) is 0 Å². The van der Waals surface area contributed by atoms with Crippen molar-refractivity contribution in [2.45, 2.75) is 20.0 Å². The van der Waals surface area contributed by atoms with Crippen LogP contribution in [0.1, 0.15) is 25.7 Å². The van der Waals surface area contributed by atoms with Crippen molar-refractivity contribution in [3.63, 3.8) is 0 Å². The first-order valence-electron chi connectivity index (χ1n) is 7.43. The van der Waals surface area contributed by atoms with Gasteiger partial charge in [-0.25, -0.2) is 0 Å². The normalized spacial score (nSPS) is 11.2. The first-order valence-corrected chi connectivity index (χ1v) is 8.25. The van der Waals surface area contributed by atoms with E-state index in [1.807, 2.05) is 24.3 Å². The van der Waals surface area contributed by atoms with E-state index < -0.39 is 0 Å². The quantitative estimate of drug-likeness (QED) is 0.582. The van der Waals surface area contributed by atoms with Gasteiger partial charge in [-0.15, -0.1) is 11.3 Å². The summed E-state index contributed by atoms with van der Waals surface area (Å²) in [5, 5.41) is 9.17. The molecule has 2 aromatic rings. The second kappa shape index (κ2) is 8.33. The van der Waals surface area contributed by atoms with E-state index >= 15 is 0 Å². The van der Waals surface area contributed by atoms with Crippen LogP contribution in [0.15, 0.2) is 41.4 Å². The molecule has 5 nitrogen and oxygen atoms in total. The highest BCUT2D eigenvalue weighted by molar-refractivity contribution is 7.11. The highest BCUT2D eigenvalue weighted by Gasteiger charge is 2.03. The smallest absolute Gasteiger partial charge is 0.251 e.